The Balaban J connectivity index is 1.77. The first-order valence-corrected chi connectivity index (χ1v) is 8.10. The van der Waals surface area contributed by atoms with Crippen LogP contribution in [0.1, 0.15) is 57.1 Å². The molecule has 1 aromatic rings. The standard InChI is InChI=1S/C19H24O2/c1-3-21-18(20)14(2)15-8-11-19(12-9-15)13-10-16-6-4-5-7-17(16)19/h4-7H,3,8-13H2,1-2H3. The number of fused-ring (bicyclic) bond motifs is 2. The number of carbonyl (C=O) groups excluding carboxylic acids is 1. The van der Waals surface area contributed by atoms with Gasteiger partial charge in [-0.05, 0) is 68.9 Å². The fourth-order valence-corrected chi connectivity index (χ4v) is 4.07. The maximum absolute atomic E-state index is 11.9. The van der Waals surface area contributed by atoms with Crippen LogP contribution >= 0.6 is 0 Å². The molecule has 0 aliphatic heterocycles. The first-order chi connectivity index (χ1) is 10.2. The average molecular weight is 284 g/mol. The molecule has 0 saturated heterocycles. The molecule has 1 fully saturated rings. The lowest BCUT2D eigenvalue weighted by molar-refractivity contribution is -0.138. The molecule has 2 aliphatic rings. The van der Waals surface area contributed by atoms with Crippen LogP contribution in [-0.4, -0.2) is 12.6 Å². The molecule has 1 spiro atoms. The molecule has 0 bridgehead atoms. The molecule has 0 N–H and O–H groups in total. The zero-order chi connectivity index (χ0) is 14.9. The topological polar surface area (TPSA) is 26.3 Å². The summed E-state index contributed by atoms with van der Waals surface area (Å²) in [5.74, 6) is -0.129. The largest absolute Gasteiger partial charge is 0.463 e. The third-order valence-electron chi connectivity index (χ3n) is 5.38. The Kier molecular flexibility index (Phi) is 3.88. The Morgan fingerprint density at radius 1 is 1.14 bits per heavy atom. The lowest BCUT2D eigenvalue weighted by atomic mass is 9.68. The highest BCUT2D eigenvalue weighted by atomic mass is 16.5. The minimum Gasteiger partial charge on any atom is -0.463 e. The van der Waals surface area contributed by atoms with Crippen LogP contribution in [0.3, 0.4) is 0 Å². The third-order valence-corrected chi connectivity index (χ3v) is 5.38. The van der Waals surface area contributed by atoms with Crippen LogP contribution in [0.5, 0.6) is 0 Å². The van der Waals surface area contributed by atoms with Crippen LogP contribution < -0.4 is 0 Å². The van der Waals surface area contributed by atoms with Gasteiger partial charge in [-0.1, -0.05) is 29.8 Å². The Morgan fingerprint density at radius 2 is 1.81 bits per heavy atom. The van der Waals surface area contributed by atoms with Gasteiger partial charge in [-0.15, -0.1) is 0 Å². The molecule has 2 heteroatoms. The minimum atomic E-state index is -0.129. The number of esters is 1. The smallest absolute Gasteiger partial charge is 0.333 e. The molecule has 1 aromatic carbocycles. The summed E-state index contributed by atoms with van der Waals surface area (Å²) in [6.07, 6.45) is 6.92. The molecular weight excluding hydrogens is 260 g/mol. The summed E-state index contributed by atoms with van der Waals surface area (Å²) in [6, 6.07) is 8.91. The lowest BCUT2D eigenvalue weighted by Crippen LogP contribution is -2.27. The van der Waals surface area contributed by atoms with E-state index in [0.29, 0.717) is 12.0 Å². The zero-order valence-electron chi connectivity index (χ0n) is 13.1. The van der Waals surface area contributed by atoms with Crippen molar-refractivity contribution in [3.63, 3.8) is 0 Å². The van der Waals surface area contributed by atoms with Crippen molar-refractivity contribution in [1.82, 2.24) is 0 Å². The number of ether oxygens (including phenoxy) is 1. The number of rotatable bonds is 2. The van der Waals surface area contributed by atoms with Gasteiger partial charge >= 0.3 is 5.97 Å². The number of aryl methyl sites for hydroxylation is 1. The zero-order valence-corrected chi connectivity index (χ0v) is 13.1. The lowest BCUT2D eigenvalue weighted by Gasteiger charge is -2.36. The second-order valence-electron chi connectivity index (χ2n) is 6.39. The molecule has 3 rings (SSSR count). The van der Waals surface area contributed by atoms with Crippen molar-refractivity contribution in [1.29, 1.82) is 0 Å². The predicted molar refractivity (Wildman–Crippen MR) is 84.2 cm³/mol. The molecule has 21 heavy (non-hydrogen) atoms. The second-order valence-corrected chi connectivity index (χ2v) is 6.39. The van der Waals surface area contributed by atoms with Gasteiger partial charge in [0, 0.05) is 5.57 Å². The van der Waals surface area contributed by atoms with Gasteiger partial charge in [0.1, 0.15) is 0 Å². The summed E-state index contributed by atoms with van der Waals surface area (Å²) in [6.45, 7) is 4.25. The van der Waals surface area contributed by atoms with E-state index in [1.165, 1.54) is 36.8 Å². The normalized spacial score (nSPS) is 24.0. The molecule has 0 aromatic heterocycles. The van der Waals surface area contributed by atoms with Crippen molar-refractivity contribution < 1.29 is 9.53 Å². The summed E-state index contributed by atoms with van der Waals surface area (Å²) in [7, 11) is 0. The molecule has 0 radical (unpaired) electrons. The molecule has 2 aliphatic carbocycles. The van der Waals surface area contributed by atoms with Crippen molar-refractivity contribution in [3.8, 4) is 0 Å². The first-order valence-electron chi connectivity index (χ1n) is 8.10. The maximum Gasteiger partial charge on any atom is 0.333 e. The minimum absolute atomic E-state index is 0.129. The van der Waals surface area contributed by atoms with Crippen LogP contribution in [0.4, 0.5) is 0 Å². The highest BCUT2D eigenvalue weighted by molar-refractivity contribution is 5.88. The molecule has 112 valence electrons. The summed E-state index contributed by atoms with van der Waals surface area (Å²) < 4.78 is 5.13. The van der Waals surface area contributed by atoms with Crippen molar-refractivity contribution in [3.05, 3.63) is 46.5 Å². The van der Waals surface area contributed by atoms with Gasteiger partial charge < -0.3 is 4.74 Å². The Labute approximate surface area is 127 Å². The molecular formula is C19H24O2. The average Bonchev–Trinajstić information content (AvgIpc) is 2.87. The molecule has 0 heterocycles. The van der Waals surface area contributed by atoms with Gasteiger partial charge in [0.15, 0.2) is 0 Å². The highest BCUT2D eigenvalue weighted by Gasteiger charge is 2.40. The van der Waals surface area contributed by atoms with Crippen LogP contribution in [0.25, 0.3) is 0 Å². The number of allylic oxidation sites excluding steroid dienone is 1. The predicted octanol–water partition coefficient (Wildman–Crippen LogP) is 4.32. The number of hydrogen-bond acceptors (Lipinski definition) is 2. The van der Waals surface area contributed by atoms with Crippen LogP contribution in [0, 0.1) is 0 Å². The van der Waals surface area contributed by atoms with Gasteiger partial charge in [-0.3, -0.25) is 0 Å². The highest BCUT2D eigenvalue weighted by Crippen LogP contribution is 2.50. The Morgan fingerprint density at radius 3 is 2.52 bits per heavy atom. The van der Waals surface area contributed by atoms with Crippen molar-refractivity contribution in [2.24, 2.45) is 0 Å². The molecule has 0 unspecified atom stereocenters. The van der Waals surface area contributed by atoms with Gasteiger partial charge in [0.25, 0.3) is 0 Å². The van der Waals surface area contributed by atoms with Crippen LogP contribution in [0.15, 0.2) is 35.4 Å². The van der Waals surface area contributed by atoms with E-state index in [0.717, 1.165) is 18.4 Å². The Hall–Kier alpha value is -1.57. The fraction of sp³-hybridized carbons (Fsp3) is 0.526. The van der Waals surface area contributed by atoms with E-state index in [1.54, 1.807) is 5.56 Å². The number of carbonyl (C=O) groups is 1. The number of benzene rings is 1. The number of hydrogen-bond donors (Lipinski definition) is 0. The molecule has 1 saturated carbocycles. The molecule has 0 amide bonds. The SMILES string of the molecule is CCOC(=O)C(C)=C1CCC2(CC1)CCc1ccccc12. The summed E-state index contributed by atoms with van der Waals surface area (Å²) >= 11 is 0. The monoisotopic (exact) mass is 284 g/mol. The van der Waals surface area contributed by atoms with Crippen molar-refractivity contribution in [2.45, 2.75) is 57.8 Å². The molecule has 2 nitrogen and oxygen atoms in total. The fourth-order valence-electron chi connectivity index (χ4n) is 4.07. The summed E-state index contributed by atoms with van der Waals surface area (Å²) in [4.78, 5) is 11.9. The van der Waals surface area contributed by atoms with Crippen molar-refractivity contribution in [2.75, 3.05) is 6.61 Å². The van der Waals surface area contributed by atoms with Gasteiger partial charge in [0.05, 0.1) is 6.61 Å². The van der Waals surface area contributed by atoms with E-state index >= 15 is 0 Å². The molecule has 0 atom stereocenters. The van der Waals surface area contributed by atoms with Crippen molar-refractivity contribution >= 4 is 5.97 Å². The van der Waals surface area contributed by atoms with E-state index in [2.05, 4.69) is 24.3 Å². The van der Waals surface area contributed by atoms with Gasteiger partial charge in [-0.2, -0.15) is 0 Å². The van der Waals surface area contributed by atoms with E-state index in [1.807, 2.05) is 13.8 Å². The third kappa shape index (κ3) is 2.52. The van der Waals surface area contributed by atoms with Crippen LogP contribution in [0.2, 0.25) is 0 Å². The van der Waals surface area contributed by atoms with E-state index in [4.69, 9.17) is 4.74 Å². The van der Waals surface area contributed by atoms with E-state index in [-0.39, 0.29) is 5.97 Å². The Bertz CT molecular complexity index is 573. The van der Waals surface area contributed by atoms with Gasteiger partial charge in [-0.25, -0.2) is 4.79 Å². The van der Waals surface area contributed by atoms with Crippen LogP contribution in [-0.2, 0) is 21.4 Å². The summed E-state index contributed by atoms with van der Waals surface area (Å²) in [5.41, 5.74) is 5.63. The quantitative estimate of drug-likeness (QED) is 0.597. The first kappa shape index (κ1) is 14.4. The second kappa shape index (κ2) is 5.67. The van der Waals surface area contributed by atoms with E-state index in [9.17, 15) is 4.79 Å². The van der Waals surface area contributed by atoms with E-state index < -0.39 is 0 Å². The maximum atomic E-state index is 11.9. The summed E-state index contributed by atoms with van der Waals surface area (Å²) in [5, 5.41) is 0. The van der Waals surface area contributed by atoms with Gasteiger partial charge in [0.2, 0.25) is 0 Å².